The molecule has 0 heterocycles. The average Bonchev–Trinajstić information content (AvgIpc) is 2.39. The number of esters is 1. The maximum Gasteiger partial charge on any atom is 0.327 e. The van der Waals surface area contributed by atoms with E-state index in [-0.39, 0.29) is 11.8 Å². The molecule has 0 amide bonds. The number of benzene rings is 1. The van der Waals surface area contributed by atoms with Crippen LogP contribution in [-0.4, -0.2) is 45.2 Å². The Balaban J connectivity index is 2.62. The number of nitrogens with zero attached hydrogens (tertiary/aromatic N) is 1. The first kappa shape index (κ1) is 15.6. The van der Waals surface area contributed by atoms with Crippen LogP contribution in [0.25, 0.3) is 0 Å². The lowest BCUT2D eigenvalue weighted by atomic mass is 10.1. The van der Waals surface area contributed by atoms with Gasteiger partial charge >= 0.3 is 5.97 Å². The van der Waals surface area contributed by atoms with Crippen LogP contribution in [-0.2, 0) is 9.53 Å². The van der Waals surface area contributed by atoms with Crippen LogP contribution in [0.5, 0.6) is 0 Å². The van der Waals surface area contributed by atoms with E-state index in [0.29, 0.717) is 12.1 Å². The van der Waals surface area contributed by atoms with Crippen molar-refractivity contribution in [2.45, 2.75) is 12.5 Å². The van der Waals surface area contributed by atoms with Crippen molar-refractivity contribution in [2.75, 3.05) is 34.3 Å². The first-order valence-corrected chi connectivity index (χ1v) is 6.26. The highest BCUT2D eigenvalue weighted by molar-refractivity contribution is 5.77. The highest BCUT2D eigenvalue weighted by Crippen LogP contribution is 2.15. The number of hydrogen-bond donors (Lipinski definition) is 1. The van der Waals surface area contributed by atoms with Crippen LogP contribution in [0.15, 0.2) is 24.3 Å². The summed E-state index contributed by atoms with van der Waals surface area (Å²) in [6, 6.07) is 5.32. The first-order chi connectivity index (χ1) is 9.04. The molecule has 1 rings (SSSR count). The first-order valence-electron chi connectivity index (χ1n) is 6.26. The molecule has 1 unspecified atom stereocenters. The fourth-order valence-electron chi connectivity index (χ4n) is 1.75. The lowest BCUT2D eigenvalue weighted by molar-refractivity contribution is -0.143. The summed E-state index contributed by atoms with van der Waals surface area (Å²) in [4.78, 5) is 13.8. The van der Waals surface area contributed by atoms with Crippen molar-refractivity contribution in [3.05, 3.63) is 35.6 Å². The van der Waals surface area contributed by atoms with E-state index in [2.05, 4.69) is 10.2 Å². The lowest BCUT2D eigenvalue weighted by Crippen LogP contribution is -2.31. The molecule has 5 heteroatoms. The number of rotatable bonds is 7. The molecule has 4 nitrogen and oxygen atoms in total. The molecule has 0 aliphatic rings. The second-order valence-corrected chi connectivity index (χ2v) is 4.62. The monoisotopic (exact) mass is 268 g/mol. The Bertz CT molecular complexity index is 393. The smallest absolute Gasteiger partial charge is 0.327 e. The molecule has 106 valence electrons. The maximum atomic E-state index is 12.9. The van der Waals surface area contributed by atoms with Crippen LogP contribution in [0, 0.1) is 5.82 Å². The molecule has 0 aliphatic carbocycles. The fraction of sp³-hybridized carbons (Fsp3) is 0.500. The average molecular weight is 268 g/mol. The van der Waals surface area contributed by atoms with Crippen molar-refractivity contribution in [1.82, 2.24) is 10.2 Å². The minimum absolute atomic E-state index is 0.319. The summed E-state index contributed by atoms with van der Waals surface area (Å²) in [6.45, 7) is 1.62. The van der Waals surface area contributed by atoms with E-state index in [4.69, 9.17) is 4.74 Å². The Kier molecular flexibility index (Phi) is 6.45. The largest absolute Gasteiger partial charge is 0.468 e. The second-order valence-electron chi connectivity index (χ2n) is 4.62. The van der Waals surface area contributed by atoms with E-state index in [0.717, 1.165) is 13.0 Å². The summed E-state index contributed by atoms with van der Waals surface area (Å²) >= 11 is 0. The van der Waals surface area contributed by atoms with Crippen LogP contribution in [0.3, 0.4) is 0 Å². The number of nitrogens with one attached hydrogen (secondary N) is 1. The van der Waals surface area contributed by atoms with Crippen LogP contribution in [0.1, 0.15) is 18.0 Å². The van der Waals surface area contributed by atoms with E-state index in [9.17, 15) is 9.18 Å². The molecule has 1 aromatic carbocycles. The van der Waals surface area contributed by atoms with Gasteiger partial charge in [0.15, 0.2) is 0 Å². The number of ether oxygens (including phenoxy) is 1. The van der Waals surface area contributed by atoms with E-state index < -0.39 is 6.04 Å². The Labute approximate surface area is 113 Å². The third kappa shape index (κ3) is 5.36. The number of hydrogen-bond acceptors (Lipinski definition) is 4. The van der Waals surface area contributed by atoms with E-state index in [1.807, 2.05) is 14.1 Å². The zero-order valence-corrected chi connectivity index (χ0v) is 11.6. The van der Waals surface area contributed by atoms with Gasteiger partial charge in [-0.1, -0.05) is 12.1 Å². The normalized spacial score (nSPS) is 12.5. The molecule has 0 aromatic heterocycles. The van der Waals surface area contributed by atoms with E-state index in [1.54, 1.807) is 12.1 Å². The third-order valence-electron chi connectivity index (χ3n) is 2.77. The zero-order valence-electron chi connectivity index (χ0n) is 11.6. The number of methoxy groups -OCH3 is 1. The summed E-state index contributed by atoms with van der Waals surface area (Å²) < 4.78 is 17.7. The summed E-state index contributed by atoms with van der Waals surface area (Å²) in [5.74, 6) is -0.684. The van der Waals surface area contributed by atoms with Gasteiger partial charge in [-0.25, -0.2) is 9.18 Å². The van der Waals surface area contributed by atoms with Crippen molar-refractivity contribution < 1.29 is 13.9 Å². The van der Waals surface area contributed by atoms with Crippen molar-refractivity contribution in [3.63, 3.8) is 0 Å². The van der Waals surface area contributed by atoms with Crippen molar-refractivity contribution in [3.8, 4) is 0 Å². The SMILES string of the molecule is COC(=O)C(NCCCN(C)C)c1ccc(F)cc1. The molecule has 19 heavy (non-hydrogen) atoms. The predicted molar refractivity (Wildman–Crippen MR) is 72.3 cm³/mol. The molecule has 0 saturated heterocycles. The number of carbonyl (C=O) groups excluding carboxylic acids is 1. The third-order valence-corrected chi connectivity index (χ3v) is 2.77. The van der Waals surface area contributed by atoms with Gasteiger partial charge in [0.1, 0.15) is 11.9 Å². The van der Waals surface area contributed by atoms with Gasteiger partial charge in [-0.2, -0.15) is 0 Å². The topological polar surface area (TPSA) is 41.6 Å². The molecule has 1 aromatic rings. The van der Waals surface area contributed by atoms with E-state index in [1.165, 1.54) is 19.2 Å². The van der Waals surface area contributed by atoms with Gasteiger partial charge in [-0.15, -0.1) is 0 Å². The van der Waals surface area contributed by atoms with Crippen molar-refractivity contribution in [2.24, 2.45) is 0 Å². The predicted octanol–water partition coefficient (Wildman–Crippen LogP) is 1.58. The Morgan fingerprint density at radius 3 is 2.53 bits per heavy atom. The van der Waals surface area contributed by atoms with Gasteiger partial charge in [0.05, 0.1) is 7.11 Å². The Hall–Kier alpha value is -1.46. The molecule has 1 N–H and O–H groups in total. The second kappa shape index (κ2) is 7.86. The maximum absolute atomic E-state index is 12.9. The summed E-state index contributed by atoms with van der Waals surface area (Å²) in [6.07, 6.45) is 0.918. The van der Waals surface area contributed by atoms with Crippen LogP contribution in [0.4, 0.5) is 4.39 Å². The summed E-state index contributed by atoms with van der Waals surface area (Å²) in [5, 5.41) is 3.14. The van der Waals surface area contributed by atoms with Gasteiger partial charge < -0.3 is 15.0 Å². The molecular weight excluding hydrogens is 247 g/mol. The lowest BCUT2D eigenvalue weighted by Gasteiger charge is -2.17. The van der Waals surface area contributed by atoms with Crippen molar-refractivity contribution >= 4 is 5.97 Å². The van der Waals surface area contributed by atoms with Gasteiger partial charge in [0.2, 0.25) is 0 Å². The number of carbonyl (C=O) groups is 1. The Morgan fingerprint density at radius 1 is 1.37 bits per heavy atom. The molecule has 0 bridgehead atoms. The van der Waals surface area contributed by atoms with Crippen LogP contribution in [0.2, 0.25) is 0 Å². The molecule has 1 atom stereocenters. The van der Waals surface area contributed by atoms with E-state index >= 15 is 0 Å². The quantitative estimate of drug-likeness (QED) is 0.602. The van der Waals surface area contributed by atoms with Gasteiger partial charge in [-0.3, -0.25) is 0 Å². The van der Waals surface area contributed by atoms with Gasteiger partial charge in [-0.05, 0) is 51.3 Å². The highest BCUT2D eigenvalue weighted by atomic mass is 19.1. The number of halogens is 1. The van der Waals surface area contributed by atoms with Gasteiger partial charge in [0.25, 0.3) is 0 Å². The Morgan fingerprint density at radius 2 is 2.00 bits per heavy atom. The fourth-order valence-corrected chi connectivity index (χ4v) is 1.75. The molecule has 0 saturated carbocycles. The standard InChI is InChI=1S/C14H21FN2O2/c1-17(2)10-4-9-16-13(14(18)19-3)11-5-7-12(15)8-6-11/h5-8,13,16H,4,9-10H2,1-3H3. The molecule has 0 fully saturated rings. The minimum atomic E-state index is -0.548. The molecule has 0 radical (unpaired) electrons. The van der Waals surface area contributed by atoms with Crippen LogP contribution >= 0.6 is 0 Å². The molecular formula is C14H21FN2O2. The minimum Gasteiger partial charge on any atom is -0.468 e. The zero-order chi connectivity index (χ0) is 14.3. The van der Waals surface area contributed by atoms with Crippen molar-refractivity contribution in [1.29, 1.82) is 0 Å². The highest BCUT2D eigenvalue weighted by Gasteiger charge is 2.20. The molecule has 0 spiro atoms. The summed E-state index contributed by atoms with van der Waals surface area (Å²) in [7, 11) is 5.34. The summed E-state index contributed by atoms with van der Waals surface area (Å²) in [5.41, 5.74) is 0.707. The van der Waals surface area contributed by atoms with Crippen LogP contribution < -0.4 is 5.32 Å². The van der Waals surface area contributed by atoms with Gasteiger partial charge in [0, 0.05) is 0 Å². The molecule has 0 aliphatic heterocycles.